The monoisotopic (exact) mass is 319 g/mol. The predicted molar refractivity (Wildman–Crippen MR) is 86.2 cm³/mol. The second-order valence-electron chi connectivity index (χ2n) is 4.91. The van der Waals surface area contributed by atoms with Crippen LogP contribution in [0.4, 0.5) is 5.69 Å². The molecule has 1 aliphatic heterocycles. The zero-order valence-electron chi connectivity index (χ0n) is 11.2. The van der Waals surface area contributed by atoms with Gasteiger partial charge in [0, 0.05) is 16.2 Å². The van der Waals surface area contributed by atoms with Crippen LogP contribution in [-0.2, 0) is 10.3 Å². The van der Waals surface area contributed by atoms with Crippen molar-refractivity contribution in [3.8, 4) is 0 Å². The van der Waals surface area contributed by atoms with Gasteiger partial charge in [0.15, 0.2) is 5.54 Å². The SMILES string of the molecule is O=C(O)C1(Nc2ccccc2Cl)CCSc2ccccc21. The van der Waals surface area contributed by atoms with E-state index in [1.54, 1.807) is 23.9 Å². The lowest BCUT2D eigenvalue weighted by atomic mass is 9.86. The van der Waals surface area contributed by atoms with E-state index in [1.165, 1.54) is 0 Å². The van der Waals surface area contributed by atoms with Crippen LogP contribution >= 0.6 is 23.4 Å². The Kier molecular flexibility index (Phi) is 3.83. The van der Waals surface area contributed by atoms with Crippen molar-refractivity contribution >= 4 is 35.0 Å². The van der Waals surface area contributed by atoms with Gasteiger partial charge in [-0.25, -0.2) is 4.79 Å². The van der Waals surface area contributed by atoms with Crippen molar-refractivity contribution in [2.24, 2.45) is 0 Å². The van der Waals surface area contributed by atoms with Crippen molar-refractivity contribution in [1.29, 1.82) is 0 Å². The van der Waals surface area contributed by atoms with Crippen molar-refractivity contribution in [3.63, 3.8) is 0 Å². The number of nitrogens with one attached hydrogen (secondary N) is 1. The molecular formula is C16H14ClNO2S. The minimum absolute atomic E-state index is 0.509. The van der Waals surface area contributed by atoms with Crippen molar-refractivity contribution in [1.82, 2.24) is 0 Å². The third-order valence-corrected chi connectivity index (χ3v) is 5.07. The molecule has 0 spiro atoms. The molecule has 0 aromatic heterocycles. The van der Waals surface area contributed by atoms with Gasteiger partial charge in [-0.05, 0) is 24.6 Å². The first-order valence-corrected chi connectivity index (χ1v) is 7.98. The fourth-order valence-electron chi connectivity index (χ4n) is 2.59. The van der Waals surface area contributed by atoms with Crippen LogP contribution in [0.25, 0.3) is 0 Å². The Morgan fingerprint density at radius 2 is 1.90 bits per heavy atom. The molecule has 2 aromatic rings. The van der Waals surface area contributed by atoms with Gasteiger partial charge in [-0.2, -0.15) is 0 Å². The van der Waals surface area contributed by atoms with E-state index in [9.17, 15) is 9.90 Å². The molecule has 0 saturated carbocycles. The molecule has 5 heteroatoms. The number of carbonyl (C=O) groups is 1. The first-order valence-electron chi connectivity index (χ1n) is 6.62. The molecule has 0 radical (unpaired) electrons. The second kappa shape index (κ2) is 5.62. The average molecular weight is 320 g/mol. The highest BCUT2D eigenvalue weighted by Crippen LogP contribution is 2.43. The quantitative estimate of drug-likeness (QED) is 0.889. The molecular weight excluding hydrogens is 306 g/mol. The van der Waals surface area contributed by atoms with E-state index in [2.05, 4.69) is 5.32 Å². The van der Waals surface area contributed by atoms with E-state index >= 15 is 0 Å². The lowest BCUT2D eigenvalue weighted by Gasteiger charge is -2.36. The average Bonchev–Trinajstić information content (AvgIpc) is 2.49. The van der Waals surface area contributed by atoms with E-state index in [1.807, 2.05) is 36.4 Å². The van der Waals surface area contributed by atoms with E-state index in [0.29, 0.717) is 17.1 Å². The summed E-state index contributed by atoms with van der Waals surface area (Å²) < 4.78 is 0. The summed E-state index contributed by atoms with van der Waals surface area (Å²) in [7, 11) is 0. The summed E-state index contributed by atoms with van der Waals surface area (Å²) in [5.41, 5.74) is 0.310. The third kappa shape index (κ3) is 2.49. The summed E-state index contributed by atoms with van der Waals surface area (Å²) in [6.07, 6.45) is 0.509. The predicted octanol–water partition coefficient (Wildman–Crippen LogP) is 4.23. The van der Waals surface area contributed by atoms with Crippen molar-refractivity contribution < 1.29 is 9.90 Å². The summed E-state index contributed by atoms with van der Waals surface area (Å²) in [6, 6.07) is 14.9. The topological polar surface area (TPSA) is 49.3 Å². The van der Waals surface area contributed by atoms with E-state index < -0.39 is 11.5 Å². The lowest BCUT2D eigenvalue weighted by Crippen LogP contribution is -2.46. The van der Waals surface area contributed by atoms with E-state index in [-0.39, 0.29) is 0 Å². The number of hydrogen-bond donors (Lipinski definition) is 2. The van der Waals surface area contributed by atoms with Gasteiger partial charge in [-0.15, -0.1) is 11.8 Å². The van der Waals surface area contributed by atoms with Crippen LogP contribution in [0.5, 0.6) is 0 Å². The van der Waals surface area contributed by atoms with Crippen LogP contribution in [0.3, 0.4) is 0 Å². The molecule has 1 unspecified atom stereocenters. The first kappa shape index (κ1) is 14.3. The van der Waals surface area contributed by atoms with Crippen LogP contribution in [0.15, 0.2) is 53.4 Å². The fourth-order valence-corrected chi connectivity index (χ4v) is 3.98. The molecule has 3 nitrogen and oxygen atoms in total. The maximum atomic E-state index is 12.0. The number of halogens is 1. The van der Waals surface area contributed by atoms with Crippen LogP contribution in [0.2, 0.25) is 5.02 Å². The van der Waals surface area contributed by atoms with Crippen molar-refractivity contribution in [2.45, 2.75) is 16.9 Å². The molecule has 108 valence electrons. The molecule has 0 amide bonds. The number of hydrogen-bond acceptors (Lipinski definition) is 3. The summed E-state index contributed by atoms with van der Waals surface area (Å²) in [5.74, 6) is -0.129. The maximum Gasteiger partial charge on any atom is 0.334 e. The number of aliphatic carboxylic acids is 1. The molecule has 1 heterocycles. The Labute approximate surface area is 132 Å². The molecule has 2 N–H and O–H groups in total. The highest BCUT2D eigenvalue weighted by Gasteiger charge is 2.44. The molecule has 2 aromatic carbocycles. The zero-order chi connectivity index (χ0) is 14.9. The third-order valence-electron chi connectivity index (χ3n) is 3.67. The number of fused-ring (bicyclic) bond motifs is 1. The van der Waals surface area contributed by atoms with Crippen LogP contribution in [0.1, 0.15) is 12.0 Å². The normalized spacial score (nSPS) is 20.6. The minimum atomic E-state index is -1.13. The number of para-hydroxylation sites is 1. The molecule has 21 heavy (non-hydrogen) atoms. The largest absolute Gasteiger partial charge is 0.479 e. The van der Waals surface area contributed by atoms with Gasteiger partial charge in [0.2, 0.25) is 0 Å². The molecule has 0 aliphatic carbocycles. The van der Waals surface area contributed by atoms with E-state index in [4.69, 9.17) is 11.6 Å². The van der Waals surface area contributed by atoms with Crippen LogP contribution in [-0.4, -0.2) is 16.8 Å². The Morgan fingerprint density at radius 3 is 2.67 bits per heavy atom. The van der Waals surface area contributed by atoms with E-state index in [0.717, 1.165) is 16.2 Å². The summed E-state index contributed by atoms with van der Waals surface area (Å²) in [6.45, 7) is 0. The molecule has 1 atom stereocenters. The first-order chi connectivity index (χ1) is 10.1. The number of carboxylic acids is 1. The van der Waals surface area contributed by atoms with Crippen molar-refractivity contribution in [2.75, 3.05) is 11.1 Å². The minimum Gasteiger partial charge on any atom is -0.479 e. The van der Waals surface area contributed by atoms with Crippen molar-refractivity contribution in [3.05, 3.63) is 59.1 Å². The van der Waals surface area contributed by atoms with Gasteiger partial charge in [-0.1, -0.05) is 41.9 Å². The summed E-state index contributed by atoms with van der Waals surface area (Å²) in [4.78, 5) is 13.0. The molecule has 0 fully saturated rings. The van der Waals surface area contributed by atoms with Gasteiger partial charge >= 0.3 is 5.97 Å². The van der Waals surface area contributed by atoms with Crippen LogP contribution < -0.4 is 5.32 Å². The maximum absolute atomic E-state index is 12.0. The van der Waals surface area contributed by atoms with Gasteiger partial charge in [0.25, 0.3) is 0 Å². The highest BCUT2D eigenvalue weighted by atomic mass is 35.5. The zero-order valence-corrected chi connectivity index (χ0v) is 12.7. The smallest absolute Gasteiger partial charge is 0.334 e. The Morgan fingerprint density at radius 1 is 1.19 bits per heavy atom. The fraction of sp³-hybridized carbons (Fsp3) is 0.188. The number of rotatable bonds is 3. The number of carboxylic acid groups (broad SMARTS) is 1. The Hall–Kier alpha value is -1.65. The highest BCUT2D eigenvalue weighted by molar-refractivity contribution is 7.99. The molecule has 3 rings (SSSR count). The van der Waals surface area contributed by atoms with Gasteiger partial charge in [0.05, 0.1) is 10.7 Å². The lowest BCUT2D eigenvalue weighted by molar-refractivity contribution is -0.143. The van der Waals surface area contributed by atoms with Crippen LogP contribution in [0, 0.1) is 0 Å². The van der Waals surface area contributed by atoms with Gasteiger partial charge < -0.3 is 10.4 Å². The molecule has 0 saturated heterocycles. The van der Waals surface area contributed by atoms with Gasteiger partial charge in [0.1, 0.15) is 0 Å². The number of anilines is 1. The Balaban J connectivity index is 2.11. The standard InChI is InChI=1S/C16H14ClNO2S/c17-12-6-2-3-7-13(12)18-16(15(19)20)9-10-21-14-8-4-1-5-11(14)16/h1-8,18H,9-10H2,(H,19,20). The van der Waals surface area contributed by atoms with Gasteiger partial charge in [-0.3, -0.25) is 0 Å². The summed E-state index contributed by atoms with van der Waals surface area (Å²) in [5, 5.41) is 13.6. The Bertz CT molecular complexity index is 691. The number of thioether (sulfide) groups is 1. The molecule has 0 bridgehead atoms. The summed E-state index contributed by atoms with van der Waals surface area (Å²) >= 11 is 7.86. The number of benzene rings is 2. The second-order valence-corrected chi connectivity index (χ2v) is 6.45. The molecule has 1 aliphatic rings.